The maximum atomic E-state index is 4.16. The van der Waals surface area contributed by atoms with Gasteiger partial charge in [-0.05, 0) is 13.3 Å². The fourth-order valence-electron chi connectivity index (χ4n) is 1.20. The minimum absolute atomic E-state index is 0.904. The summed E-state index contributed by atoms with van der Waals surface area (Å²) in [6.07, 6.45) is 8.83. The van der Waals surface area contributed by atoms with Crippen molar-refractivity contribution in [3.05, 3.63) is 50.0 Å². The Bertz CT molecular complexity index is 338. The molecule has 0 aliphatic rings. The van der Waals surface area contributed by atoms with Gasteiger partial charge in [0.05, 0.1) is 6.33 Å². The van der Waals surface area contributed by atoms with E-state index in [1.165, 1.54) is 0 Å². The number of allylic oxidation sites excluding steroid dienone is 3. The van der Waals surface area contributed by atoms with Crippen molar-refractivity contribution in [1.82, 2.24) is 9.55 Å². The molecule has 0 aromatic carbocycles. The quantitative estimate of drug-likeness (QED) is 0.585. The summed E-state index contributed by atoms with van der Waals surface area (Å²) in [5, 5.41) is 2.99. The van der Waals surface area contributed by atoms with Gasteiger partial charge in [0.15, 0.2) is 0 Å². The van der Waals surface area contributed by atoms with Gasteiger partial charge < -0.3 is 9.88 Å². The van der Waals surface area contributed by atoms with E-state index in [4.69, 9.17) is 0 Å². The van der Waals surface area contributed by atoms with Crippen molar-refractivity contribution in [2.45, 2.75) is 47.6 Å². The fourth-order valence-corrected chi connectivity index (χ4v) is 1.20. The van der Waals surface area contributed by atoms with Gasteiger partial charge in [0.2, 0.25) is 0 Å². The molecule has 0 aliphatic carbocycles. The van der Waals surface area contributed by atoms with Crippen LogP contribution in [0.2, 0.25) is 0 Å². The number of rotatable bonds is 5. The molecular formula is C17H33N3. The molecular weight excluding hydrogens is 246 g/mol. The summed E-state index contributed by atoms with van der Waals surface area (Å²) < 4.78 is 2.06. The molecule has 0 bridgehead atoms. The maximum Gasteiger partial charge on any atom is 0.143 e. The summed E-state index contributed by atoms with van der Waals surface area (Å²) in [6.45, 7) is 20.9. The number of imidazole rings is 1. The number of nitrogens with zero attached hydrogens (tertiary/aromatic N) is 2. The molecule has 1 aromatic rings. The van der Waals surface area contributed by atoms with E-state index in [2.05, 4.69) is 34.6 Å². The molecule has 0 spiro atoms. The third-order valence-electron chi connectivity index (χ3n) is 1.98. The number of nitrogens with one attached hydrogen (secondary N) is 1. The molecule has 0 amide bonds. The lowest BCUT2D eigenvalue weighted by atomic mass is 10.2. The molecule has 1 rings (SSSR count). The number of aromatic nitrogens is 2. The lowest BCUT2D eigenvalue weighted by Gasteiger charge is -2.01. The van der Waals surface area contributed by atoms with Crippen molar-refractivity contribution in [3.63, 3.8) is 0 Å². The van der Waals surface area contributed by atoms with E-state index in [-0.39, 0.29) is 0 Å². The Labute approximate surface area is 126 Å². The van der Waals surface area contributed by atoms with Crippen molar-refractivity contribution in [2.24, 2.45) is 0 Å². The van der Waals surface area contributed by atoms with Crippen LogP contribution in [-0.2, 0) is 6.54 Å². The third-order valence-corrected chi connectivity index (χ3v) is 1.98. The molecule has 116 valence electrons. The minimum Gasteiger partial charge on any atom is -0.372 e. The highest BCUT2D eigenvalue weighted by Gasteiger charge is 1.95. The van der Waals surface area contributed by atoms with E-state index >= 15 is 0 Å². The molecule has 1 heterocycles. The van der Waals surface area contributed by atoms with Crippen LogP contribution in [-0.4, -0.2) is 16.6 Å². The zero-order chi connectivity index (χ0) is 16.4. The van der Waals surface area contributed by atoms with E-state index in [1.807, 2.05) is 66.3 Å². The molecule has 0 saturated carbocycles. The summed E-state index contributed by atoms with van der Waals surface area (Å²) in [7, 11) is 1.87. The standard InChI is InChI=1S/C11H17N3.2C2H6.C2H4/c1-4-5-10(2)6-7-14-8-11(12-3)13-9-14;3*1-2/h4-5,8-9,12H,2,6-7H2,1,3H3;2*1-2H3;1-2H2/b5-4-;;;. The van der Waals surface area contributed by atoms with Crippen LogP contribution in [0.5, 0.6) is 0 Å². The van der Waals surface area contributed by atoms with Gasteiger partial charge in [-0.1, -0.05) is 52.0 Å². The summed E-state index contributed by atoms with van der Waals surface area (Å²) >= 11 is 0. The number of hydrogen-bond acceptors (Lipinski definition) is 2. The van der Waals surface area contributed by atoms with E-state index in [1.54, 1.807) is 0 Å². The van der Waals surface area contributed by atoms with Gasteiger partial charge in [0.25, 0.3) is 0 Å². The average molecular weight is 279 g/mol. The Morgan fingerprint density at radius 2 is 1.85 bits per heavy atom. The Kier molecular flexibility index (Phi) is 22.8. The van der Waals surface area contributed by atoms with Crippen LogP contribution in [0.25, 0.3) is 0 Å². The number of anilines is 1. The van der Waals surface area contributed by atoms with Crippen molar-refractivity contribution in [2.75, 3.05) is 12.4 Å². The second-order valence-corrected chi connectivity index (χ2v) is 3.15. The summed E-state index contributed by atoms with van der Waals surface area (Å²) in [5.74, 6) is 0.904. The zero-order valence-corrected chi connectivity index (χ0v) is 14.2. The highest BCUT2D eigenvalue weighted by Crippen LogP contribution is 2.06. The lowest BCUT2D eigenvalue weighted by molar-refractivity contribution is 0.699. The highest BCUT2D eigenvalue weighted by molar-refractivity contribution is 5.29. The minimum atomic E-state index is 0.904. The van der Waals surface area contributed by atoms with E-state index < -0.39 is 0 Å². The number of hydrogen-bond donors (Lipinski definition) is 1. The van der Waals surface area contributed by atoms with Crippen LogP contribution in [0, 0.1) is 0 Å². The van der Waals surface area contributed by atoms with E-state index in [9.17, 15) is 0 Å². The monoisotopic (exact) mass is 279 g/mol. The first-order valence-electron chi connectivity index (χ1n) is 7.26. The van der Waals surface area contributed by atoms with Gasteiger partial charge in [-0.25, -0.2) is 4.98 Å². The van der Waals surface area contributed by atoms with E-state index in [0.717, 1.165) is 24.4 Å². The summed E-state index contributed by atoms with van der Waals surface area (Å²) in [4.78, 5) is 4.16. The van der Waals surface area contributed by atoms with E-state index in [0.29, 0.717) is 0 Å². The van der Waals surface area contributed by atoms with Crippen molar-refractivity contribution >= 4 is 5.82 Å². The first-order valence-corrected chi connectivity index (χ1v) is 7.26. The number of aryl methyl sites for hydroxylation is 1. The first-order chi connectivity index (χ1) is 9.76. The van der Waals surface area contributed by atoms with Gasteiger partial charge in [-0.15, -0.1) is 13.2 Å². The summed E-state index contributed by atoms with van der Waals surface area (Å²) in [6, 6.07) is 0. The largest absolute Gasteiger partial charge is 0.372 e. The molecule has 0 atom stereocenters. The Morgan fingerprint density at radius 1 is 1.30 bits per heavy atom. The van der Waals surface area contributed by atoms with Crippen molar-refractivity contribution < 1.29 is 0 Å². The molecule has 0 aliphatic heterocycles. The predicted molar refractivity (Wildman–Crippen MR) is 94.3 cm³/mol. The molecule has 20 heavy (non-hydrogen) atoms. The van der Waals surface area contributed by atoms with Gasteiger partial charge in [-0.3, -0.25) is 0 Å². The molecule has 0 fully saturated rings. The highest BCUT2D eigenvalue weighted by atomic mass is 15.1. The predicted octanol–water partition coefficient (Wildman–Crippen LogP) is 5.30. The van der Waals surface area contributed by atoms with Crippen molar-refractivity contribution in [3.8, 4) is 0 Å². The molecule has 3 heteroatoms. The average Bonchev–Trinajstić information content (AvgIpc) is 3.00. The fraction of sp³-hybridized carbons (Fsp3) is 0.471. The Morgan fingerprint density at radius 3 is 2.25 bits per heavy atom. The van der Waals surface area contributed by atoms with Crippen LogP contribution in [0.15, 0.2) is 50.0 Å². The molecule has 0 radical (unpaired) electrons. The molecule has 0 unspecified atom stereocenters. The van der Waals surface area contributed by atoms with Crippen LogP contribution >= 0.6 is 0 Å². The molecule has 0 saturated heterocycles. The van der Waals surface area contributed by atoms with Crippen LogP contribution in [0.3, 0.4) is 0 Å². The normalized spacial score (nSPS) is 8.30. The molecule has 1 N–H and O–H groups in total. The van der Waals surface area contributed by atoms with Gasteiger partial charge in [-0.2, -0.15) is 0 Å². The summed E-state index contributed by atoms with van der Waals surface area (Å²) in [5.41, 5.74) is 1.15. The zero-order valence-electron chi connectivity index (χ0n) is 14.2. The Balaban J connectivity index is -0.000000425. The molecule has 3 nitrogen and oxygen atoms in total. The second kappa shape index (κ2) is 19.6. The van der Waals surface area contributed by atoms with Gasteiger partial charge in [0, 0.05) is 19.8 Å². The topological polar surface area (TPSA) is 29.9 Å². The maximum absolute atomic E-state index is 4.16. The SMILES string of the molecule is C=C.C=C(/C=C\C)CCn1cnc(NC)c1.CC.CC. The smallest absolute Gasteiger partial charge is 0.143 e. The third kappa shape index (κ3) is 12.7. The second-order valence-electron chi connectivity index (χ2n) is 3.15. The van der Waals surface area contributed by atoms with Crippen molar-refractivity contribution in [1.29, 1.82) is 0 Å². The Hall–Kier alpha value is -1.77. The first kappa shape index (κ1) is 23.3. The van der Waals surface area contributed by atoms with Crippen LogP contribution in [0.4, 0.5) is 5.82 Å². The lowest BCUT2D eigenvalue weighted by Crippen LogP contribution is -1.95. The van der Waals surface area contributed by atoms with Gasteiger partial charge >= 0.3 is 0 Å². The van der Waals surface area contributed by atoms with Crippen LogP contribution in [0.1, 0.15) is 41.0 Å². The molecule has 1 aromatic heterocycles. The van der Waals surface area contributed by atoms with Crippen LogP contribution < -0.4 is 5.32 Å². The van der Waals surface area contributed by atoms with Gasteiger partial charge in [0.1, 0.15) is 5.82 Å².